The molecule has 0 aliphatic carbocycles. The maximum Gasteiger partial charge on any atom is 0.185 e. The number of fused-ring (bicyclic) bond motifs is 1. The number of methoxy groups -OCH3 is 1. The fourth-order valence-corrected chi connectivity index (χ4v) is 1.93. The number of nitrogens with one attached hydrogen (secondary N) is 1. The summed E-state index contributed by atoms with van der Waals surface area (Å²) in [6, 6.07) is 7.96. The Balaban J connectivity index is 2.06. The van der Waals surface area contributed by atoms with E-state index in [0.29, 0.717) is 13.2 Å². The SMILES string of the molecule is COCCn1cnnc1-c1n[nH]c2ccccc12. The van der Waals surface area contributed by atoms with E-state index in [2.05, 4.69) is 20.4 Å². The number of para-hydroxylation sites is 1. The second-order valence-electron chi connectivity index (χ2n) is 3.96. The zero-order chi connectivity index (χ0) is 12.4. The normalized spacial score (nSPS) is 11.2. The Morgan fingerprint density at radius 1 is 1.33 bits per heavy atom. The van der Waals surface area contributed by atoms with Crippen molar-refractivity contribution < 1.29 is 4.74 Å². The second kappa shape index (κ2) is 4.58. The van der Waals surface area contributed by atoms with E-state index in [1.807, 2.05) is 28.8 Å². The van der Waals surface area contributed by atoms with Gasteiger partial charge in [0.2, 0.25) is 0 Å². The smallest absolute Gasteiger partial charge is 0.185 e. The first-order valence-corrected chi connectivity index (χ1v) is 5.70. The lowest BCUT2D eigenvalue weighted by atomic mass is 10.2. The van der Waals surface area contributed by atoms with Crippen molar-refractivity contribution in [3.63, 3.8) is 0 Å². The van der Waals surface area contributed by atoms with Gasteiger partial charge in [0, 0.05) is 19.0 Å². The summed E-state index contributed by atoms with van der Waals surface area (Å²) < 4.78 is 7.01. The zero-order valence-corrected chi connectivity index (χ0v) is 10.00. The van der Waals surface area contributed by atoms with Crippen molar-refractivity contribution in [3.05, 3.63) is 30.6 Å². The van der Waals surface area contributed by atoms with Crippen molar-refractivity contribution in [3.8, 4) is 11.5 Å². The molecular weight excluding hydrogens is 230 g/mol. The highest BCUT2D eigenvalue weighted by atomic mass is 16.5. The highest BCUT2D eigenvalue weighted by Crippen LogP contribution is 2.23. The van der Waals surface area contributed by atoms with Gasteiger partial charge in [0.25, 0.3) is 0 Å². The Hall–Kier alpha value is -2.21. The molecule has 0 spiro atoms. The molecule has 18 heavy (non-hydrogen) atoms. The van der Waals surface area contributed by atoms with Crippen LogP contribution in [0.1, 0.15) is 0 Å². The van der Waals surface area contributed by atoms with Crippen LogP contribution in [-0.4, -0.2) is 38.7 Å². The molecule has 6 heteroatoms. The lowest BCUT2D eigenvalue weighted by molar-refractivity contribution is 0.187. The molecule has 0 atom stereocenters. The minimum Gasteiger partial charge on any atom is -0.383 e. The number of aromatic amines is 1. The molecule has 0 unspecified atom stereocenters. The van der Waals surface area contributed by atoms with Crippen molar-refractivity contribution in [2.75, 3.05) is 13.7 Å². The van der Waals surface area contributed by atoms with Crippen molar-refractivity contribution in [2.24, 2.45) is 0 Å². The van der Waals surface area contributed by atoms with Gasteiger partial charge in [-0.05, 0) is 6.07 Å². The van der Waals surface area contributed by atoms with Gasteiger partial charge in [-0.25, -0.2) is 0 Å². The van der Waals surface area contributed by atoms with E-state index in [1.54, 1.807) is 13.4 Å². The van der Waals surface area contributed by atoms with Gasteiger partial charge in [0.1, 0.15) is 12.0 Å². The van der Waals surface area contributed by atoms with Crippen LogP contribution in [0.4, 0.5) is 0 Å². The number of hydrogen-bond donors (Lipinski definition) is 1. The van der Waals surface area contributed by atoms with Crippen LogP contribution in [0.3, 0.4) is 0 Å². The fourth-order valence-electron chi connectivity index (χ4n) is 1.93. The third-order valence-electron chi connectivity index (χ3n) is 2.83. The van der Waals surface area contributed by atoms with Crippen LogP contribution in [-0.2, 0) is 11.3 Å². The summed E-state index contributed by atoms with van der Waals surface area (Å²) in [6.07, 6.45) is 1.69. The highest BCUT2D eigenvalue weighted by Gasteiger charge is 2.13. The van der Waals surface area contributed by atoms with Gasteiger partial charge in [-0.2, -0.15) is 5.10 Å². The average Bonchev–Trinajstić information content (AvgIpc) is 3.02. The highest BCUT2D eigenvalue weighted by molar-refractivity contribution is 5.90. The van der Waals surface area contributed by atoms with Crippen LogP contribution in [0.25, 0.3) is 22.4 Å². The van der Waals surface area contributed by atoms with Gasteiger partial charge in [-0.3, -0.25) is 5.10 Å². The number of aromatic nitrogens is 5. The lowest BCUT2D eigenvalue weighted by Crippen LogP contribution is -2.05. The molecule has 0 radical (unpaired) electrons. The first-order valence-electron chi connectivity index (χ1n) is 5.70. The molecule has 0 saturated carbocycles. The molecule has 0 amide bonds. The topological polar surface area (TPSA) is 68.6 Å². The third kappa shape index (κ3) is 1.76. The van der Waals surface area contributed by atoms with Gasteiger partial charge in [-0.15, -0.1) is 10.2 Å². The maximum absolute atomic E-state index is 5.07. The van der Waals surface area contributed by atoms with Crippen molar-refractivity contribution in [2.45, 2.75) is 6.54 Å². The number of nitrogens with zero attached hydrogens (tertiary/aromatic N) is 4. The van der Waals surface area contributed by atoms with E-state index in [0.717, 1.165) is 22.4 Å². The molecule has 1 aromatic carbocycles. The molecule has 1 N–H and O–H groups in total. The second-order valence-corrected chi connectivity index (χ2v) is 3.96. The lowest BCUT2D eigenvalue weighted by Gasteiger charge is -2.03. The fraction of sp³-hybridized carbons (Fsp3) is 0.250. The Bertz CT molecular complexity index is 657. The predicted octanol–water partition coefficient (Wildman–Crippen LogP) is 1.47. The maximum atomic E-state index is 5.07. The first-order chi connectivity index (χ1) is 8.90. The molecule has 2 heterocycles. The van der Waals surface area contributed by atoms with Gasteiger partial charge in [0.15, 0.2) is 5.82 Å². The van der Waals surface area contributed by atoms with Gasteiger partial charge in [0.05, 0.1) is 12.1 Å². The van der Waals surface area contributed by atoms with Gasteiger partial charge < -0.3 is 9.30 Å². The summed E-state index contributed by atoms with van der Waals surface area (Å²) >= 11 is 0. The molecule has 0 bridgehead atoms. The Kier molecular flexibility index (Phi) is 2.77. The Labute approximate surface area is 104 Å². The summed E-state index contributed by atoms with van der Waals surface area (Å²) in [4.78, 5) is 0. The van der Waals surface area contributed by atoms with Gasteiger partial charge in [-0.1, -0.05) is 18.2 Å². The van der Waals surface area contributed by atoms with Crippen molar-refractivity contribution in [1.29, 1.82) is 0 Å². The van der Waals surface area contributed by atoms with Crippen LogP contribution < -0.4 is 0 Å². The van der Waals surface area contributed by atoms with Crippen LogP contribution >= 0.6 is 0 Å². The number of H-pyrrole nitrogens is 1. The largest absolute Gasteiger partial charge is 0.383 e. The summed E-state index contributed by atoms with van der Waals surface area (Å²) in [5.41, 5.74) is 1.81. The van der Waals surface area contributed by atoms with Crippen molar-refractivity contribution in [1.82, 2.24) is 25.0 Å². The predicted molar refractivity (Wildman–Crippen MR) is 67.0 cm³/mol. The first kappa shape index (κ1) is 10.9. The molecule has 92 valence electrons. The molecule has 0 aliphatic heterocycles. The summed E-state index contributed by atoms with van der Waals surface area (Å²) in [5.74, 6) is 0.754. The third-order valence-corrected chi connectivity index (χ3v) is 2.83. The molecule has 0 fully saturated rings. The molecule has 0 saturated heterocycles. The van der Waals surface area contributed by atoms with Crippen molar-refractivity contribution >= 4 is 10.9 Å². The Morgan fingerprint density at radius 3 is 3.11 bits per heavy atom. The van der Waals surface area contributed by atoms with Crippen LogP contribution in [0.15, 0.2) is 30.6 Å². The summed E-state index contributed by atoms with van der Waals surface area (Å²) in [7, 11) is 1.67. The molecule has 2 aromatic heterocycles. The molecule has 6 nitrogen and oxygen atoms in total. The summed E-state index contributed by atoms with van der Waals surface area (Å²) in [5, 5.41) is 16.4. The number of rotatable bonds is 4. The molecular formula is C12H13N5O. The quantitative estimate of drug-likeness (QED) is 0.753. The van der Waals surface area contributed by atoms with Crippen LogP contribution in [0.5, 0.6) is 0 Å². The molecule has 3 rings (SSSR count). The van der Waals surface area contributed by atoms with E-state index in [-0.39, 0.29) is 0 Å². The number of benzene rings is 1. The standard InChI is InChI=1S/C12H13N5O/c1-18-7-6-17-8-13-16-12(17)11-9-4-2-3-5-10(9)14-15-11/h2-5,8H,6-7H2,1H3,(H,14,15). The Morgan fingerprint density at radius 2 is 2.22 bits per heavy atom. The van der Waals surface area contributed by atoms with E-state index < -0.39 is 0 Å². The van der Waals surface area contributed by atoms with Gasteiger partial charge >= 0.3 is 0 Å². The van der Waals surface area contributed by atoms with E-state index in [1.165, 1.54) is 0 Å². The number of ether oxygens (including phenoxy) is 1. The van der Waals surface area contributed by atoms with E-state index in [4.69, 9.17) is 4.74 Å². The van der Waals surface area contributed by atoms with E-state index in [9.17, 15) is 0 Å². The monoisotopic (exact) mass is 243 g/mol. The van der Waals surface area contributed by atoms with Crippen LogP contribution in [0, 0.1) is 0 Å². The molecule has 0 aliphatic rings. The number of hydrogen-bond acceptors (Lipinski definition) is 4. The van der Waals surface area contributed by atoms with Crippen LogP contribution in [0.2, 0.25) is 0 Å². The average molecular weight is 243 g/mol. The van der Waals surface area contributed by atoms with E-state index >= 15 is 0 Å². The zero-order valence-electron chi connectivity index (χ0n) is 10.00. The minimum atomic E-state index is 0.618. The molecule has 3 aromatic rings. The minimum absolute atomic E-state index is 0.618. The summed E-state index contributed by atoms with van der Waals surface area (Å²) in [6.45, 7) is 1.33.